The fraction of sp³-hybridized carbons (Fsp3) is 0.300. The van der Waals surface area contributed by atoms with Crippen LogP contribution < -0.4 is 16.2 Å². The molecule has 1 amide bonds. The minimum absolute atomic E-state index is 0.00864. The summed E-state index contributed by atoms with van der Waals surface area (Å²) >= 11 is 5.52. The van der Waals surface area contributed by atoms with E-state index in [9.17, 15) is 17.6 Å². The first-order chi connectivity index (χ1) is 8.63. The van der Waals surface area contributed by atoms with Crippen molar-refractivity contribution in [1.82, 2.24) is 4.72 Å². The molecule has 1 aromatic rings. The number of rotatable bonds is 5. The molecule has 19 heavy (non-hydrogen) atoms. The van der Waals surface area contributed by atoms with Crippen LogP contribution in [0.5, 0.6) is 0 Å². The zero-order valence-corrected chi connectivity index (χ0v) is 11.6. The van der Waals surface area contributed by atoms with E-state index in [4.69, 9.17) is 23.1 Å². The minimum atomic E-state index is -4.18. The predicted molar refractivity (Wildman–Crippen MR) is 69.4 cm³/mol. The first-order valence-electron chi connectivity index (χ1n) is 5.18. The lowest BCUT2D eigenvalue weighted by Crippen LogP contribution is -2.36. The fourth-order valence-electron chi connectivity index (χ4n) is 1.45. The average molecular weight is 310 g/mol. The molecule has 6 nitrogen and oxygen atoms in total. The predicted octanol–water partition coefficient (Wildman–Crippen LogP) is 0.604. The van der Waals surface area contributed by atoms with Crippen molar-refractivity contribution in [3.8, 4) is 0 Å². The summed E-state index contributed by atoms with van der Waals surface area (Å²) < 4.78 is 39.7. The molecule has 1 atom stereocenters. The topological polar surface area (TPSA) is 115 Å². The van der Waals surface area contributed by atoms with Gasteiger partial charge in [0.05, 0.1) is 5.02 Å². The van der Waals surface area contributed by atoms with Crippen LogP contribution in [0.1, 0.15) is 13.3 Å². The lowest BCUT2D eigenvalue weighted by molar-refractivity contribution is -0.118. The van der Waals surface area contributed by atoms with Crippen molar-refractivity contribution in [2.75, 3.05) is 5.73 Å². The number of primary amides is 1. The second-order valence-electron chi connectivity index (χ2n) is 4.01. The van der Waals surface area contributed by atoms with Gasteiger partial charge in [0, 0.05) is 18.2 Å². The first-order valence-corrected chi connectivity index (χ1v) is 7.04. The lowest BCUT2D eigenvalue weighted by atomic mass is 10.2. The Morgan fingerprint density at radius 1 is 1.53 bits per heavy atom. The zero-order chi connectivity index (χ0) is 14.8. The van der Waals surface area contributed by atoms with Crippen LogP contribution in [-0.4, -0.2) is 20.4 Å². The van der Waals surface area contributed by atoms with E-state index in [0.717, 1.165) is 12.1 Å². The highest BCUT2D eigenvalue weighted by molar-refractivity contribution is 7.89. The van der Waals surface area contributed by atoms with E-state index in [-0.39, 0.29) is 12.1 Å². The molecular weight excluding hydrogens is 297 g/mol. The molecule has 0 spiro atoms. The Labute approximate surface area is 115 Å². The highest BCUT2D eigenvalue weighted by Crippen LogP contribution is 2.25. The summed E-state index contributed by atoms with van der Waals surface area (Å²) in [6, 6.07) is 1.27. The van der Waals surface area contributed by atoms with Crippen LogP contribution in [0.15, 0.2) is 17.0 Å². The molecule has 0 bridgehead atoms. The Morgan fingerprint density at radius 3 is 2.63 bits per heavy atom. The summed E-state index contributed by atoms with van der Waals surface area (Å²) in [7, 11) is -4.18. The first kappa shape index (κ1) is 15.7. The second kappa shape index (κ2) is 5.72. The number of hydrogen-bond donors (Lipinski definition) is 3. The average Bonchev–Trinajstić information content (AvgIpc) is 2.20. The molecule has 0 saturated carbocycles. The molecule has 1 aromatic carbocycles. The Morgan fingerprint density at radius 2 is 2.11 bits per heavy atom. The number of carbonyl (C=O) groups excluding carboxylic acids is 1. The molecule has 0 radical (unpaired) electrons. The van der Waals surface area contributed by atoms with Gasteiger partial charge < -0.3 is 11.5 Å². The zero-order valence-electron chi connectivity index (χ0n) is 9.98. The van der Waals surface area contributed by atoms with Crippen molar-refractivity contribution in [2.24, 2.45) is 5.73 Å². The number of halogens is 2. The van der Waals surface area contributed by atoms with E-state index in [1.54, 1.807) is 0 Å². The normalized spacial score (nSPS) is 13.2. The van der Waals surface area contributed by atoms with Gasteiger partial charge in [0.15, 0.2) is 5.82 Å². The number of anilines is 1. The van der Waals surface area contributed by atoms with Gasteiger partial charge in [0.25, 0.3) is 0 Å². The summed E-state index contributed by atoms with van der Waals surface area (Å²) in [4.78, 5) is 10.0. The van der Waals surface area contributed by atoms with Gasteiger partial charge in [0.2, 0.25) is 15.9 Å². The van der Waals surface area contributed by atoms with Crippen LogP contribution in [0.25, 0.3) is 0 Å². The molecular formula is C10H13ClFN3O3S. The fourth-order valence-corrected chi connectivity index (χ4v) is 3.11. The van der Waals surface area contributed by atoms with Crippen LogP contribution in [0.3, 0.4) is 0 Å². The summed E-state index contributed by atoms with van der Waals surface area (Å²) in [6.45, 7) is 1.42. The quantitative estimate of drug-likeness (QED) is 0.691. The third-order valence-electron chi connectivity index (χ3n) is 2.17. The highest BCUT2D eigenvalue weighted by Gasteiger charge is 2.24. The molecule has 0 aliphatic carbocycles. The number of nitrogen functional groups attached to an aromatic ring is 1. The molecule has 9 heteroatoms. The Kier molecular flexibility index (Phi) is 4.72. The molecule has 0 heterocycles. The van der Waals surface area contributed by atoms with Gasteiger partial charge in [-0.15, -0.1) is 0 Å². The van der Waals surface area contributed by atoms with E-state index in [0.29, 0.717) is 0 Å². The largest absolute Gasteiger partial charge is 0.399 e. The van der Waals surface area contributed by atoms with E-state index in [2.05, 4.69) is 4.72 Å². The third-order valence-corrected chi connectivity index (χ3v) is 4.03. The Balaban J connectivity index is 3.11. The van der Waals surface area contributed by atoms with Gasteiger partial charge in [-0.1, -0.05) is 11.6 Å². The molecule has 0 aromatic heterocycles. The van der Waals surface area contributed by atoms with Gasteiger partial charge in [0.1, 0.15) is 4.90 Å². The summed E-state index contributed by atoms with van der Waals surface area (Å²) in [5.41, 5.74) is 10.4. The van der Waals surface area contributed by atoms with Crippen LogP contribution in [0.4, 0.5) is 10.1 Å². The van der Waals surface area contributed by atoms with Gasteiger partial charge in [-0.3, -0.25) is 4.79 Å². The SMILES string of the molecule is CC(CC(N)=O)NS(=O)(=O)c1cc(N)cc(Cl)c1F. The molecule has 1 rings (SSSR count). The summed E-state index contributed by atoms with van der Waals surface area (Å²) in [6.07, 6.45) is -0.211. The van der Waals surface area contributed by atoms with Crippen LogP contribution in [0, 0.1) is 5.82 Å². The number of hydrogen-bond acceptors (Lipinski definition) is 4. The second-order valence-corrected chi connectivity index (χ2v) is 6.10. The Bertz CT molecular complexity index is 606. The molecule has 0 aliphatic heterocycles. The van der Waals surface area contributed by atoms with Gasteiger partial charge in [-0.25, -0.2) is 17.5 Å². The van der Waals surface area contributed by atoms with Crippen molar-refractivity contribution in [3.05, 3.63) is 23.0 Å². The lowest BCUT2D eigenvalue weighted by Gasteiger charge is -2.14. The molecule has 106 valence electrons. The van der Waals surface area contributed by atoms with Crippen molar-refractivity contribution in [1.29, 1.82) is 0 Å². The van der Waals surface area contributed by atoms with E-state index >= 15 is 0 Å². The standard InChI is InChI=1S/C10H13ClFN3O3S/c1-5(2-9(14)16)15-19(17,18)8-4-6(13)3-7(11)10(8)12/h3-5,15H,2,13H2,1H3,(H2,14,16). The summed E-state index contributed by atoms with van der Waals surface area (Å²) in [5, 5.41) is -0.400. The van der Waals surface area contributed by atoms with Crippen molar-refractivity contribution in [2.45, 2.75) is 24.3 Å². The highest BCUT2D eigenvalue weighted by atomic mass is 35.5. The smallest absolute Gasteiger partial charge is 0.243 e. The molecule has 0 aliphatic rings. The van der Waals surface area contributed by atoms with Gasteiger partial charge in [-0.2, -0.15) is 0 Å². The number of benzene rings is 1. The molecule has 1 unspecified atom stereocenters. The number of nitrogens with two attached hydrogens (primary N) is 2. The van der Waals surface area contributed by atoms with Crippen molar-refractivity contribution < 1.29 is 17.6 Å². The number of nitrogens with one attached hydrogen (secondary N) is 1. The van der Waals surface area contributed by atoms with E-state index in [1.165, 1.54) is 6.92 Å². The maximum Gasteiger partial charge on any atom is 0.243 e. The van der Waals surface area contributed by atoms with Gasteiger partial charge in [-0.05, 0) is 19.1 Å². The summed E-state index contributed by atoms with van der Waals surface area (Å²) in [5.74, 6) is -1.78. The Hall–Kier alpha value is -1.38. The van der Waals surface area contributed by atoms with Crippen LogP contribution in [-0.2, 0) is 14.8 Å². The number of amides is 1. The van der Waals surface area contributed by atoms with E-state index < -0.39 is 37.7 Å². The number of carbonyl (C=O) groups is 1. The maximum absolute atomic E-state index is 13.7. The van der Waals surface area contributed by atoms with E-state index in [1.807, 2.05) is 0 Å². The van der Waals surface area contributed by atoms with Crippen molar-refractivity contribution >= 4 is 33.2 Å². The monoisotopic (exact) mass is 309 g/mol. The molecule has 0 fully saturated rings. The van der Waals surface area contributed by atoms with Crippen LogP contribution >= 0.6 is 11.6 Å². The molecule has 5 N–H and O–H groups in total. The van der Waals surface area contributed by atoms with Gasteiger partial charge >= 0.3 is 0 Å². The minimum Gasteiger partial charge on any atom is -0.399 e. The van der Waals surface area contributed by atoms with Crippen LogP contribution in [0.2, 0.25) is 5.02 Å². The third kappa shape index (κ3) is 4.05. The maximum atomic E-state index is 13.7. The number of sulfonamides is 1. The molecule has 0 saturated heterocycles. The van der Waals surface area contributed by atoms with Crippen molar-refractivity contribution in [3.63, 3.8) is 0 Å².